The fourth-order valence-electron chi connectivity index (χ4n) is 4.21. The van der Waals surface area contributed by atoms with Crippen molar-refractivity contribution in [2.45, 2.75) is 19.3 Å². The van der Waals surface area contributed by atoms with Gasteiger partial charge in [-0.1, -0.05) is 17.7 Å². The number of nitrogens with zero attached hydrogens (tertiary/aromatic N) is 3. The first-order valence-corrected chi connectivity index (χ1v) is 11.7. The number of aromatic nitrogens is 1. The van der Waals surface area contributed by atoms with E-state index < -0.39 is 5.41 Å². The van der Waals surface area contributed by atoms with Crippen LogP contribution in [0.4, 0.5) is 0 Å². The molecule has 0 N–H and O–H groups in total. The molecule has 2 saturated heterocycles. The van der Waals surface area contributed by atoms with Gasteiger partial charge in [-0.2, -0.15) is 0 Å². The summed E-state index contributed by atoms with van der Waals surface area (Å²) in [5.41, 5.74) is 1.20. The second-order valence-corrected chi connectivity index (χ2v) is 9.43. The number of halogens is 1. The molecule has 2 aromatic rings. The zero-order valence-electron chi connectivity index (χ0n) is 17.3. The van der Waals surface area contributed by atoms with E-state index >= 15 is 0 Å². The standard InChI is InChI=1S/C22H26ClN3O4S/c23-17-3-1-4-18(11-17)30-15-22(12-20(27)25-7-9-29-10-8-25)5-2-6-26(14-22)21(28)19-13-24-16-31-19/h1,3-4,11,13,16H,2,5-10,12,14-15H2. The van der Waals surface area contributed by atoms with E-state index in [-0.39, 0.29) is 11.8 Å². The topological polar surface area (TPSA) is 72.0 Å². The number of carbonyl (C=O) groups is 2. The first-order chi connectivity index (χ1) is 15.0. The van der Waals surface area contributed by atoms with Crippen LogP contribution in [0.25, 0.3) is 0 Å². The van der Waals surface area contributed by atoms with Crippen molar-refractivity contribution in [3.8, 4) is 5.75 Å². The van der Waals surface area contributed by atoms with E-state index in [1.54, 1.807) is 23.8 Å². The number of likely N-dealkylation sites (tertiary alicyclic amines) is 1. The van der Waals surface area contributed by atoms with Crippen LogP contribution in [0.1, 0.15) is 28.9 Å². The third-order valence-electron chi connectivity index (χ3n) is 5.82. The van der Waals surface area contributed by atoms with Crippen LogP contribution in [0.2, 0.25) is 5.02 Å². The van der Waals surface area contributed by atoms with Crippen LogP contribution in [0, 0.1) is 5.41 Å². The van der Waals surface area contributed by atoms with Crippen LogP contribution in [-0.2, 0) is 9.53 Å². The zero-order chi connectivity index (χ0) is 21.7. The smallest absolute Gasteiger partial charge is 0.265 e. The van der Waals surface area contributed by atoms with Crippen molar-refractivity contribution in [2.75, 3.05) is 46.0 Å². The van der Waals surface area contributed by atoms with Gasteiger partial charge in [-0.25, -0.2) is 0 Å². The summed E-state index contributed by atoms with van der Waals surface area (Å²) >= 11 is 7.43. The zero-order valence-corrected chi connectivity index (χ0v) is 18.9. The Morgan fingerprint density at radius 2 is 2.06 bits per heavy atom. The van der Waals surface area contributed by atoms with Gasteiger partial charge in [-0.05, 0) is 31.0 Å². The van der Waals surface area contributed by atoms with Gasteiger partial charge < -0.3 is 19.3 Å². The monoisotopic (exact) mass is 463 g/mol. The highest BCUT2D eigenvalue weighted by Crippen LogP contribution is 2.36. The molecule has 166 valence electrons. The lowest BCUT2D eigenvalue weighted by Gasteiger charge is -2.43. The number of amides is 2. The largest absolute Gasteiger partial charge is 0.493 e. The van der Waals surface area contributed by atoms with Crippen LogP contribution in [0.3, 0.4) is 0 Å². The molecule has 0 radical (unpaired) electrons. The number of hydrogen-bond donors (Lipinski definition) is 0. The Morgan fingerprint density at radius 1 is 1.23 bits per heavy atom. The maximum absolute atomic E-state index is 13.1. The van der Waals surface area contributed by atoms with Crippen molar-refractivity contribution >= 4 is 34.8 Å². The van der Waals surface area contributed by atoms with Crippen LogP contribution >= 0.6 is 22.9 Å². The van der Waals surface area contributed by atoms with Gasteiger partial charge in [0, 0.05) is 43.0 Å². The second kappa shape index (κ2) is 9.97. The quantitative estimate of drug-likeness (QED) is 0.657. The van der Waals surface area contributed by atoms with E-state index in [0.29, 0.717) is 68.1 Å². The fourth-order valence-corrected chi connectivity index (χ4v) is 4.98. The maximum atomic E-state index is 13.1. The Kier molecular flexibility index (Phi) is 7.09. The predicted molar refractivity (Wildman–Crippen MR) is 119 cm³/mol. The summed E-state index contributed by atoms with van der Waals surface area (Å²) in [5.74, 6) is 0.717. The number of rotatable bonds is 6. The number of carbonyl (C=O) groups excluding carboxylic acids is 2. The van der Waals surface area contributed by atoms with Crippen molar-refractivity contribution in [3.05, 3.63) is 45.9 Å². The molecule has 1 unspecified atom stereocenters. The fraction of sp³-hybridized carbons (Fsp3) is 0.500. The van der Waals surface area contributed by atoms with E-state index in [0.717, 1.165) is 12.8 Å². The molecule has 2 fully saturated rings. The molecule has 2 aliphatic rings. The van der Waals surface area contributed by atoms with Crippen LogP contribution in [0.15, 0.2) is 36.0 Å². The highest BCUT2D eigenvalue weighted by atomic mass is 35.5. The molecular weight excluding hydrogens is 438 g/mol. The molecule has 1 aromatic heterocycles. The van der Waals surface area contributed by atoms with E-state index in [1.165, 1.54) is 11.3 Å². The number of ether oxygens (including phenoxy) is 2. The SMILES string of the molecule is O=C(CC1(COc2cccc(Cl)c2)CCCN(C(=O)c2cncs2)C1)N1CCOCC1. The summed E-state index contributed by atoms with van der Waals surface area (Å²) in [7, 11) is 0. The Balaban J connectivity index is 1.52. The Hall–Kier alpha value is -2.16. The van der Waals surface area contributed by atoms with E-state index in [4.69, 9.17) is 21.1 Å². The number of piperidine rings is 1. The minimum absolute atomic E-state index is 0.0341. The number of morpholine rings is 1. The summed E-state index contributed by atoms with van der Waals surface area (Å²) in [4.78, 5) is 34.4. The minimum Gasteiger partial charge on any atom is -0.493 e. The van der Waals surface area contributed by atoms with E-state index in [9.17, 15) is 9.59 Å². The molecule has 31 heavy (non-hydrogen) atoms. The number of thiazole rings is 1. The third-order valence-corrected chi connectivity index (χ3v) is 6.82. The van der Waals surface area contributed by atoms with Crippen molar-refractivity contribution < 1.29 is 19.1 Å². The van der Waals surface area contributed by atoms with Gasteiger partial charge in [-0.15, -0.1) is 11.3 Å². The second-order valence-electron chi connectivity index (χ2n) is 8.11. The van der Waals surface area contributed by atoms with Gasteiger partial charge in [0.1, 0.15) is 10.6 Å². The predicted octanol–water partition coefficient (Wildman–Crippen LogP) is 3.35. The summed E-state index contributed by atoms with van der Waals surface area (Å²) in [6.07, 6.45) is 3.57. The van der Waals surface area contributed by atoms with E-state index in [1.807, 2.05) is 21.9 Å². The Labute approximate surface area is 190 Å². The molecule has 3 heterocycles. The molecule has 1 aromatic carbocycles. The lowest BCUT2D eigenvalue weighted by molar-refractivity contribution is -0.139. The summed E-state index contributed by atoms with van der Waals surface area (Å²) < 4.78 is 11.5. The summed E-state index contributed by atoms with van der Waals surface area (Å²) in [6, 6.07) is 7.25. The van der Waals surface area contributed by atoms with Crippen molar-refractivity contribution in [3.63, 3.8) is 0 Å². The molecular formula is C22H26ClN3O4S. The van der Waals surface area contributed by atoms with Gasteiger partial charge in [0.25, 0.3) is 5.91 Å². The molecule has 9 heteroatoms. The van der Waals surface area contributed by atoms with Crippen molar-refractivity contribution in [2.24, 2.45) is 5.41 Å². The summed E-state index contributed by atoms with van der Waals surface area (Å²) in [6.45, 7) is 3.82. The number of benzene rings is 1. The normalized spacial score (nSPS) is 21.7. The number of hydrogen-bond acceptors (Lipinski definition) is 6. The van der Waals surface area contributed by atoms with Crippen molar-refractivity contribution in [1.29, 1.82) is 0 Å². The molecule has 2 aliphatic heterocycles. The molecule has 1 atom stereocenters. The molecule has 0 aliphatic carbocycles. The Morgan fingerprint density at radius 3 is 2.81 bits per heavy atom. The molecule has 7 nitrogen and oxygen atoms in total. The van der Waals surface area contributed by atoms with Gasteiger partial charge in [0.05, 0.1) is 31.5 Å². The highest BCUT2D eigenvalue weighted by Gasteiger charge is 2.41. The van der Waals surface area contributed by atoms with Crippen LogP contribution in [-0.4, -0.2) is 72.6 Å². The molecule has 4 rings (SSSR count). The van der Waals surface area contributed by atoms with E-state index in [2.05, 4.69) is 4.98 Å². The van der Waals surface area contributed by atoms with Gasteiger partial charge in [0.2, 0.25) is 5.91 Å². The van der Waals surface area contributed by atoms with Gasteiger partial charge in [-0.3, -0.25) is 14.6 Å². The van der Waals surface area contributed by atoms with Crippen molar-refractivity contribution in [1.82, 2.24) is 14.8 Å². The maximum Gasteiger partial charge on any atom is 0.265 e. The average molecular weight is 464 g/mol. The minimum atomic E-state index is -0.462. The molecule has 2 amide bonds. The van der Waals surface area contributed by atoms with Crippen LogP contribution < -0.4 is 4.74 Å². The molecule has 0 saturated carbocycles. The molecule has 0 bridgehead atoms. The van der Waals surface area contributed by atoms with Gasteiger partial charge in [0.15, 0.2) is 0 Å². The van der Waals surface area contributed by atoms with Crippen LogP contribution in [0.5, 0.6) is 5.75 Å². The Bertz CT molecular complexity index is 904. The average Bonchev–Trinajstić information content (AvgIpc) is 3.33. The first-order valence-electron chi connectivity index (χ1n) is 10.5. The summed E-state index contributed by atoms with van der Waals surface area (Å²) in [5, 5.41) is 0.599. The lowest BCUT2D eigenvalue weighted by atomic mass is 9.77. The third kappa shape index (κ3) is 5.56. The first kappa shape index (κ1) is 22.0. The lowest BCUT2D eigenvalue weighted by Crippen LogP contribution is -2.51. The molecule has 0 spiro atoms. The van der Waals surface area contributed by atoms with Gasteiger partial charge >= 0.3 is 0 Å². The highest BCUT2D eigenvalue weighted by molar-refractivity contribution is 7.11.